The minimum Gasteiger partial charge on any atom is -0.254 e. The zero-order valence-electron chi connectivity index (χ0n) is 5.87. The fraction of sp³-hybridized carbons (Fsp3) is 0.429. The van der Waals surface area contributed by atoms with Gasteiger partial charge in [-0.25, -0.2) is 0 Å². The summed E-state index contributed by atoms with van der Waals surface area (Å²) in [5.41, 5.74) is 0. The van der Waals surface area contributed by atoms with Crippen molar-refractivity contribution in [2.24, 2.45) is 0 Å². The monoisotopic (exact) mass is 174 g/mol. The maximum Gasteiger partial charge on any atom is 0.0910 e. The summed E-state index contributed by atoms with van der Waals surface area (Å²) in [5, 5.41) is 1.96. The van der Waals surface area contributed by atoms with Gasteiger partial charge in [0.1, 0.15) is 0 Å². The molecule has 1 heterocycles. The molecule has 1 rings (SSSR count). The molecule has 0 N–H and O–H groups in total. The van der Waals surface area contributed by atoms with E-state index in [9.17, 15) is 4.21 Å². The van der Waals surface area contributed by atoms with Crippen LogP contribution in [0.5, 0.6) is 0 Å². The van der Waals surface area contributed by atoms with E-state index in [1.165, 1.54) is 0 Å². The average molecular weight is 174 g/mol. The van der Waals surface area contributed by atoms with E-state index in [0.29, 0.717) is 0 Å². The second kappa shape index (κ2) is 3.88. The number of rotatable bonds is 3. The van der Waals surface area contributed by atoms with Crippen LogP contribution >= 0.6 is 11.3 Å². The van der Waals surface area contributed by atoms with Crippen LogP contribution in [0.1, 0.15) is 13.3 Å². The van der Waals surface area contributed by atoms with Crippen molar-refractivity contribution in [2.45, 2.75) is 17.6 Å². The second-order valence-electron chi connectivity index (χ2n) is 1.98. The summed E-state index contributed by atoms with van der Waals surface area (Å²) in [6.07, 6.45) is 0.991. The van der Waals surface area contributed by atoms with Crippen LogP contribution in [0.3, 0.4) is 0 Å². The minimum atomic E-state index is -0.734. The minimum absolute atomic E-state index is 0.734. The van der Waals surface area contributed by atoms with Gasteiger partial charge in [-0.05, 0) is 17.9 Å². The highest BCUT2D eigenvalue weighted by Crippen LogP contribution is 2.13. The second-order valence-corrected chi connectivity index (χ2v) is 4.73. The van der Waals surface area contributed by atoms with E-state index < -0.39 is 10.8 Å². The smallest absolute Gasteiger partial charge is 0.0910 e. The van der Waals surface area contributed by atoms with Crippen LogP contribution < -0.4 is 0 Å². The average Bonchev–Trinajstić information content (AvgIpc) is 2.38. The first-order valence-electron chi connectivity index (χ1n) is 3.26. The molecule has 3 heteroatoms. The van der Waals surface area contributed by atoms with Crippen molar-refractivity contribution in [2.75, 3.05) is 5.75 Å². The summed E-state index contributed by atoms with van der Waals surface area (Å²) in [6.45, 7) is 2.05. The Balaban J connectivity index is 2.59. The SMILES string of the molecule is CCC[S@@](=O)c1cccs1. The van der Waals surface area contributed by atoms with E-state index in [1.807, 2.05) is 24.4 Å². The third-order valence-corrected chi connectivity index (χ3v) is 3.98. The van der Waals surface area contributed by atoms with Crippen molar-refractivity contribution in [3.63, 3.8) is 0 Å². The lowest BCUT2D eigenvalue weighted by Gasteiger charge is -1.92. The molecule has 1 atom stereocenters. The molecule has 0 aliphatic rings. The van der Waals surface area contributed by atoms with Crippen LogP contribution in [0.4, 0.5) is 0 Å². The van der Waals surface area contributed by atoms with Gasteiger partial charge in [-0.1, -0.05) is 13.0 Å². The molecule has 0 saturated heterocycles. The first kappa shape index (κ1) is 7.95. The molecule has 0 aliphatic carbocycles. The van der Waals surface area contributed by atoms with Crippen molar-refractivity contribution < 1.29 is 4.21 Å². The molecule has 0 aromatic carbocycles. The van der Waals surface area contributed by atoms with Gasteiger partial charge in [0.15, 0.2) is 0 Å². The topological polar surface area (TPSA) is 17.1 Å². The summed E-state index contributed by atoms with van der Waals surface area (Å²) in [5.74, 6) is 0.792. The molecule has 0 unspecified atom stereocenters. The van der Waals surface area contributed by atoms with Gasteiger partial charge in [-0.15, -0.1) is 11.3 Å². The molecule has 0 fully saturated rings. The van der Waals surface area contributed by atoms with E-state index in [0.717, 1.165) is 16.4 Å². The predicted octanol–water partition coefficient (Wildman–Crippen LogP) is 2.27. The molecular formula is C7H10OS2. The zero-order chi connectivity index (χ0) is 7.40. The Kier molecular flexibility index (Phi) is 3.09. The molecule has 0 aliphatic heterocycles. The van der Waals surface area contributed by atoms with E-state index in [2.05, 4.69) is 0 Å². The fourth-order valence-corrected chi connectivity index (χ4v) is 2.78. The van der Waals surface area contributed by atoms with Crippen molar-refractivity contribution in [3.8, 4) is 0 Å². The summed E-state index contributed by atoms with van der Waals surface area (Å²) in [6, 6.07) is 3.87. The molecule has 0 saturated carbocycles. The van der Waals surface area contributed by atoms with Gasteiger partial charge in [-0.3, -0.25) is 4.21 Å². The maximum absolute atomic E-state index is 11.2. The molecular weight excluding hydrogens is 164 g/mol. The summed E-state index contributed by atoms with van der Waals surface area (Å²) < 4.78 is 12.2. The van der Waals surface area contributed by atoms with Crippen LogP contribution in [-0.2, 0) is 10.8 Å². The third kappa shape index (κ3) is 1.92. The Morgan fingerprint density at radius 1 is 1.70 bits per heavy atom. The van der Waals surface area contributed by atoms with E-state index >= 15 is 0 Å². The summed E-state index contributed by atoms with van der Waals surface area (Å²) >= 11 is 1.57. The quantitative estimate of drug-likeness (QED) is 0.687. The first-order chi connectivity index (χ1) is 4.84. The Morgan fingerprint density at radius 3 is 3.00 bits per heavy atom. The lowest BCUT2D eigenvalue weighted by molar-refractivity contribution is 0.683. The van der Waals surface area contributed by atoms with E-state index in [4.69, 9.17) is 0 Å². The fourth-order valence-electron chi connectivity index (χ4n) is 0.679. The van der Waals surface area contributed by atoms with Gasteiger partial charge in [0.2, 0.25) is 0 Å². The largest absolute Gasteiger partial charge is 0.254 e. The van der Waals surface area contributed by atoms with Crippen molar-refractivity contribution in [1.82, 2.24) is 0 Å². The van der Waals surface area contributed by atoms with Gasteiger partial charge >= 0.3 is 0 Å². The predicted molar refractivity (Wildman–Crippen MR) is 45.9 cm³/mol. The molecule has 0 amide bonds. The third-order valence-electron chi connectivity index (χ3n) is 1.11. The normalized spacial score (nSPS) is 13.3. The van der Waals surface area contributed by atoms with Crippen LogP contribution in [0.25, 0.3) is 0 Å². The molecule has 10 heavy (non-hydrogen) atoms. The Bertz CT molecular complexity index is 203. The molecule has 1 aromatic rings. The van der Waals surface area contributed by atoms with E-state index in [1.54, 1.807) is 11.3 Å². The van der Waals surface area contributed by atoms with Gasteiger partial charge < -0.3 is 0 Å². The Hall–Kier alpha value is -0.150. The van der Waals surface area contributed by atoms with Gasteiger partial charge in [0, 0.05) is 5.75 Å². The standard InChI is InChI=1S/C7H10OS2/c1-2-6-10(8)7-4-3-5-9-7/h3-5H,2,6H2,1H3/t10-/m1/s1. The molecule has 1 nitrogen and oxygen atoms in total. The maximum atomic E-state index is 11.2. The van der Waals surface area contributed by atoms with Crippen LogP contribution in [0, 0.1) is 0 Å². The van der Waals surface area contributed by atoms with Crippen molar-refractivity contribution >= 4 is 22.1 Å². The number of hydrogen-bond acceptors (Lipinski definition) is 2. The number of thiophene rings is 1. The number of hydrogen-bond donors (Lipinski definition) is 0. The van der Waals surface area contributed by atoms with Crippen LogP contribution in [-0.4, -0.2) is 9.96 Å². The highest BCUT2D eigenvalue weighted by molar-refractivity contribution is 7.87. The van der Waals surface area contributed by atoms with Gasteiger partial charge in [0.05, 0.1) is 15.0 Å². The molecule has 1 aromatic heterocycles. The molecule has 0 bridgehead atoms. The summed E-state index contributed by atoms with van der Waals surface area (Å²) in [4.78, 5) is 0. The van der Waals surface area contributed by atoms with Crippen LogP contribution in [0.2, 0.25) is 0 Å². The molecule has 0 radical (unpaired) electrons. The van der Waals surface area contributed by atoms with Gasteiger partial charge in [-0.2, -0.15) is 0 Å². The lowest BCUT2D eigenvalue weighted by atomic mass is 10.6. The van der Waals surface area contributed by atoms with E-state index in [-0.39, 0.29) is 0 Å². The summed E-state index contributed by atoms with van der Waals surface area (Å²) in [7, 11) is -0.734. The Labute approximate surface area is 67.5 Å². The zero-order valence-corrected chi connectivity index (χ0v) is 7.50. The highest BCUT2D eigenvalue weighted by Gasteiger charge is 2.00. The Morgan fingerprint density at radius 2 is 2.50 bits per heavy atom. The highest BCUT2D eigenvalue weighted by atomic mass is 32.2. The first-order valence-corrected chi connectivity index (χ1v) is 5.46. The van der Waals surface area contributed by atoms with Crippen LogP contribution in [0.15, 0.2) is 21.7 Å². The lowest BCUT2D eigenvalue weighted by Crippen LogP contribution is -1.92. The van der Waals surface area contributed by atoms with Gasteiger partial charge in [0.25, 0.3) is 0 Å². The molecule has 0 spiro atoms. The van der Waals surface area contributed by atoms with Crippen molar-refractivity contribution in [3.05, 3.63) is 17.5 Å². The van der Waals surface area contributed by atoms with Crippen molar-refractivity contribution in [1.29, 1.82) is 0 Å². The molecule has 56 valence electrons.